The number of anilines is 2. The summed E-state index contributed by atoms with van der Waals surface area (Å²) in [7, 11) is -7.21. The highest BCUT2D eigenvalue weighted by Gasteiger charge is 2.38. The van der Waals surface area contributed by atoms with Crippen LogP contribution in [-0.2, 0) is 37.9 Å². The van der Waals surface area contributed by atoms with E-state index in [1.807, 2.05) is 51.1 Å². The minimum absolute atomic E-state index is 0.0195. The van der Waals surface area contributed by atoms with Crippen LogP contribution < -0.4 is 15.3 Å². The van der Waals surface area contributed by atoms with Crippen LogP contribution in [0.5, 0.6) is 11.6 Å². The van der Waals surface area contributed by atoms with Crippen molar-refractivity contribution in [2.24, 2.45) is 10.2 Å². The van der Waals surface area contributed by atoms with Gasteiger partial charge in [-0.25, -0.2) is 13.2 Å². The number of aromatic nitrogens is 1. The van der Waals surface area contributed by atoms with E-state index in [0.29, 0.717) is 29.8 Å². The maximum Gasteiger partial charge on any atom is 0.229 e. The number of nitrogens with zero attached hydrogens (tertiary/aromatic N) is 2. The third kappa shape index (κ3) is 7.82. The summed E-state index contributed by atoms with van der Waals surface area (Å²) in [5.41, 5.74) is 1.74. The van der Waals surface area contributed by atoms with Crippen molar-refractivity contribution in [1.82, 2.24) is 4.57 Å². The molecule has 4 N–H and O–H groups in total. The fraction of sp³-hybridized carbons (Fsp3) is 0.452. The van der Waals surface area contributed by atoms with Gasteiger partial charge in [0.1, 0.15) is 11.4 Å². The molecule has 43 heavy (non-hydrogen) atoms. The Morgan fingerprint density at radius 1 is 1.05 bits per heavy atom. The number of benzene rings is 2. The van der Waals surface area contributed by atoms with Gasteiger partial charge in [-0.3, -0.25) is 9.29 Å². The number of rotatable bonds is 10. The summed E-state index contributed by atoms with van der Waals surface area (Å²) in [5.74, 6) is -0.211. The van der Waals surface area contributed by atoms with Crippen LogP contribution in [0.25, 0.3) is 0 Å². The molecule has 0 saturated heterocycles. The molecule has 0 saturated carbocycles. The summed E-state index contributed by atoms with van der Waals surface area (Å²) in [5, 5.41) is 26.5. The van der Waals surface area contributed by atoms with E-state index in [2.05, 4.69) is 35.6 Å². The summed E-state index contributed by atoms with van der Waals surface area (Å²) < 4.78 is 53.2. The summed E-state index contributed by atoms with van der Waals surface area (Å²) >= 11 is 0. The van der Waals surface area contributed by atoms with Crippen molar-refractivity contribution < 1.29 is 27.9 Å². The van der Waals surface area contributed by atoms with E-state index in [9.17, 15) is 23.2 Å². The zero-order valence-corrected chi connectivity index (χ0v) is 27.6. The Morgan fingerprint density at radius 2 is 1.72 bits per heavy atom. The second-order valence-electron chi connectivity index (χ2n) is 13.3. The van der Waals surface area contributed by atoms with E-state index in [1.54, 1.807) is 16.7 Å². The third-order valence-corrected chi connectivity index (χ3v) is 10.1. The first kappa shape index (κ1) is 32.6. The third-order valence-electron chi connectivity index (χ3n) is 7.09. The molecule has 4 rings (SSSR count). The van der Waals surface area contributed by atoms with Crippen molar-refractivity contribution in [3.05, 3.63) is 65.4 Å². The molecule has 2 aromatic carbocycles. The number of sulfonamides is 1. The van der Waals surface area contributed by atoms with Gasteiger partial charge in [-0.1, -0.05) is 71.9 Å². The highest BCUT2D eigenvalue weighted by molar-refractivity contribution is 7.92. The second kappa shape index (κ2) is 12.0. The van der Waals surface area contributed by atoms with E-state index in [4.69, 9.17) is 4.74 Å². The molecule has 234 valence electrons. The summed E-state index contributed by atoms with van der Waals surface area (Å²) in [6.07, 6.45) is 1.81. The number of fused-ring (bicyclic) bond motifs is 1. The van der Waals surface area contributed by atoms with Crippen LogP contribution in [0, 0.1) is 5.41 Å². The van der Waals surface area contributed by atoms with Gasteiger partial charge in [0.2, 0.25) is 23.2 Å². The van der Waals surface area contributed by atoms with Gasteiger partial charge in [0, 0.05) is 23.8 Å². The Balaban J connectivity index is 1.78. The van der Waals surface area contributed by atoms with Crippen LogP contribution in [0.2, 0.25) is 0 Å². The van der Waals surface area contributed by atoms with Gasteiger partial charge in [0.25, 0.3) is 0 Å². The van der Waals surface area contributed by atoms with Gasteiger partial charge in [0.05, 0.1) is 36.2 Å². The number of nitrogens with one attached hydrogen (secondary N) is 2. The fourth-order valence-corrected chi connectivity index (χ4v) is 7.74. The molecule has 0 fully saturated rings. The number of amidine groups is 1. The number of aromatic hydroxyl groups is 2. The van der Waals surface area contributed by atoms with E-state index < -0.39 is 22.7 Å². The highest BCUT2D eigenvalue weighted by Crippen LogP contribution is 2.53. The molecule has 0 bridgehead atoms. The molecule has 0 spiro atoms. The first-order valence-corrected chi connectivity index (χ1v) is 18.0. The van der Waals surface area contributed by atoms with Gasteiger partial charge >= 0.3 is 0 Å². The van der Waals surface area contributed by atoms with Crippen LogP contribution in [0.15, 0.2) is 53.3 Å². The molecule has 0 aliphatic carbocycles. The summed E-state index contributed by atoms with van der Waals surface area (Å²) in [6, 6.07) is 14.3. The molecule has 12 heteroatoms. The number of hydrogen-bond donors (Lipinski definition) is 4. The summed E-state index contributed by atoms with van der Waals surface area (Å²) in [4.78, 5) is 0. The normalized spacial score (nSPS) is 17.2. The maximum absolute atomic E-state index is 14.7. The molecule has 1 atom stereocenters. The molecule has 3 aromatic rings. The molecule has 1 aliphatic rings. The largest absolute Gasteiger partial charge is 0.505 e. The minimum atomic E-state index is -3.63. The molecular weight excluding hydrogens is 587 g/mol. The Kier molecular flexibility index (Phi) is 9.12. The minimum Gasteiger partial charge on any atom is -0.505 e. The van der Waals surface area contributed by atoms with Crippen molar-refractivity contribution in [2.75, 3.05) is 29.1 Å². The van der Waals surface area contributed by atoms with Crippen molar-refractivity contribution >= 4 is 39.8 Å². The van der Waals surface area contributed by atoms with Crippen molar-refractivity contribution in [3.63, 3.8) is 0 Å². The van der Waals surface area contributed by atoms with Crippen LogP contribution in [0.4, 0.5) is 11.4 Å². The highest BCUT2D eigenvalue weighted by atomic mass is 32.2. The fourth-order valence-electron chi connectivity index (χ4n) is 5.04. The molecule has 1 unspecified atom stereocenters. The summed E-state index contributed by atoms with van der Waals surface area (Å²) in [6.45, 7) is 13.1. The van der Waals surface area contributed by atoms with Gasteiger partial charge in [0.15, 0.2) is 5.75 Å². The van der Waals surface area contributed by atoms with Crippen LogP contribution in [0.3, 0.4) is 0 Å². The quantitative estimate of drug-likeness (QED) is 0.159. The van der Waals surface area contributed by atoms with Crippen LogP contribution in [0.1, 0.15) is 64.8 Å². The smallest absolute Gasteiger partial charge is 0.229 e. The average Bonchev–Trinajstić information content (AvgIpc) is 3.14. The number of ether oxygens (including phenoxy) is 1. The standard InChI is InChI=1S/C31H43N4O6PS/c1-30(2,3)15-16-35-27(31(4,5)6)26(36)25(29(35)37)28-32-23-14-13-22(34-43(7,39)40)19-24(23)42(38,33-28)18-17-41-20-21-11-9-8-10-12-21/h8-14,19,34,36-37H,15-18,20H2,1-7H3,(H,32,33,38). The zero-order chi connectivity index (χ0) is 31.8. The number of hydrogen-bond acceptors (Lipinski definition) is 7. The van der Waals surface area contributed by atoms with Crippen molar-refractivity contribution in [3.8, 4) is 11.6 Å². The van der Waals surface area contributed by atoms with Gasteiger partial charge in [-0.2, -0.15) is 0 Å². The van der Waals surface area contributed by atoms with Gasteiger partial charge < -0.3 is 24.8 Å². The van der Waals surface area contributed by atoms with E-state index in [1.165, 1.54) is 6.07 Å². The van der Waals surface area contributed by atoms with E-state index >= 15 is 0 Å². The molecule has 1 aromatic heterocycles. The molecule has 0 amide bonds. The average molecular weight is 631 g/mol. The Morgan fingerprint density at radius 3 is 2.33 bits per heavy atom. The predicted octanol–water partition coefficient (Wildman–Crippen LogP) is 6.00. The predicted molar refractivity (Wildman–Crippen MR) is 174 cm³/mol. The first-order valence-electron chi connectivity index (χ1n) is 14.2. The van der Waals surface area contributed by atoms with Crippen LogP contribution in [-0.4, -0.2) is 48.1 Å². The Hall–Kier alpha value is -3.27. The van der Waals surface area contributed by atoms with E-state index in [-0.39, 0.29) is 46.9 Å². The molecule has 0 radical (unpaired) electrons. The monoisotopic (exact) mass is 630 g/mol. The lowest BCUT2D eigenvalue weighted by molar-refractivity contribution is 0.135. The SMILES string of the molecule is CC(C)(C)CCn1c(O)c(C2=NP(=O)(CCOCc3ccccc3)c3cc(NS(C)(=O)=O)ccc3N2)c(O)c1C(C)(C)C. The lowest BCUT2D eigenvalue weighted by Crippen LogP contribution is -2.27. The first-order chi connectivity index (χ1) is 19.9. The van der Waals surface area contributed by atoms with Gasteiger partial charge in [-0.05, 0) is 35.6 Å². The Bertz CT molecular complexity index is 1670. The van der Waals surface area contributed by atoms with Crippen LogP contribution >= 0.6 is 7.29 Å². The molecule has 10 nitrogen and oxygen atoms in total. The second-order valence-corrected chi connectivity index (χ2v) is 17.5. The zero-order valence-electron chi connectivity index (χ0n) is 25.9. The van der Waals surface area contributed by atoms with Crippen molar-refractivity contribution in [1.29, 1.82) is 0 Å². The molecule has 2 heterocycles. The lowest BCUT2D eigenvalue weighted by atomic mass is 9.89. The van der Waals surface area contributed by atoms with Crippen molar-refractivity contribution in [2.45, 2.75) is 66.5 Å². The van der Waals surface area contributed by atoms with Gasteiger partial charge in [-0.15, -0.1) is 0 Å². The Labute approximate surface area is 254 Å². The maximum atomic E-state index is 14.7. The molecular formula is C31H43N4O6PS. The lowest BCUT2D eigenvalue weighted by Gasteiger charge is -2.26. The molecule has 1 aliphatic heterocycles. The van der Waals surface area contributed by atoms with E-state index in [0.717, 1.165) is 18.2 Å². The topological polar surface area (TPSA) is 142 Å².